The highest BCUT2D eigenvalue weighted by molar-refractivity contribution is 7.92. The summed E-state index contributed by atoms with van der Waals surface area (Å²) in [4.78, 5) is 2.27. The topological polar surface area (TPSA) is 58.6 Å². The molecule has 0 saturated carbocycles. The molecule has 1 heterocycles. The molecule has 0 bridgehead atoms. The van der Waals surface area contributed by atoms with Gasteiger partial charge in [-0.3, -0.25) is 4.72 Å². The molecular weight excluding hydrogens is 348 g/mol. The zero-order valence-corrected chi connectivity index (χ0v) is 16.0. The van der Waals surface area contributed by atoms with Crippen LogP contribution in [0.15, 0.2) is 48.5 Å². The first-order chi connectivity index (χ1) is 12.6. The van der Waals surface area contributed by atoms with E-state index in [9.17, 15) is 8.42 Å². The minimum Gasteiger partial charge on any atom is -0.383 e. The first-order valence-electron chi connectivity index (χ1n) is 8.98. The quantitative estimate of drug-likeness (QED) is 0.771. The van der Waals surface area contributed by atoms with E-state index in [2.05, 4.69) is 9.62 Å². The molecule has 140 valence electrons. The first kappa shape index (κ1) is 18.7. The summed E-state index contributed by atoms with van der Waals surface area (Å²) in [5, 5.41) is 0. The van der Waals surface area contributed by atoms with E-state index in [0.717, 1.165) is 37.2 Å². The van der Waals surface area contributed by atoms with Crippen LogP contribution in [0, 0.1) is 0 Å². The number of sulfonamides is 1. The van der Waals surface area contributed by atoms with Crippen molar-refractivity contribution >= 4 is 21.4 Å². The smallest absolute Gasteiger partial charge is 0.233 e. The number of methoxy groups -OCH3 is 1. The second kappa shape index (κ2) is 8.56. The minimum atomic E-state index is -3.39. The van der Waals surface area contributed by atoms with Crippen molar-refractivity contribution in [3.05, 3.63) is 59.7 Å². The van der Waals surface area contributed by atoms with Gasteiger partial charge in [0.1, 0.15) is 0 Å². The molecule has 5 nitrogen and oxygen atoms in total. The number of ether oxygens (including phenoxy) is 1. The van der Waals surface area contributed by atoms with Crippen LogP contribution in [0.1, 0.15) is 17.5 Å². The number of fused-ring (bicyclic) bond motifs is 1. The Morgan fingerprint density at radius 1 is 1.15 bits per heavy atom. The van der Waals surface area contributed by atoms with Gasteiger partial charge in [-0.1, -0.05) is 36.4 Å². The van der Waals surface area contributed by atoms with Gasteiger partial charge in [0.25, 0.3) is 0 Å². The van der Waals surface area contributed by atoms with E-state index in [0.29, 0.717) is 18.7 Å². The zero-order chi connectivity index (χ0) is 18.4. The number of hydrogen-bond donors (Lipinski definition) is 1. The van der Waals surface area contributed by atoms with Crippen LogP contribution in [-0.4, -0.2) is 41.0 Å². The van der Waals surface area contributed by atoms with Crippen molar-refractivity contribution in [2.45, 2.75) is 19.3 Å². The fraction of sp³-hybridized carbons (Fsp3) is 0.400. The molecule has 1 aliphatic heterocycles. The third-order valence-electron chi connectivity index (χ3n) is 4.64. The lowest BCUT2D eigenvalue weighted by Crippen LogP contribution is -2.32. The lowest BCUT2D eigenvalue weighted by Gasteiger charge is -2.31. The highest BCUT2D eigenvalue weighted by atomic mass is 32.2. The molecule has 0 aromatic heterocycles. The predicted octanol–water partition coefficient (Wildman–Crippen LogP) is 3.07. The molecule has 0 amide bonds. The van der Waals surface area contributed by atoms with E-state index in [-0.39, 0.29) is 5.75 Å². The van der Waals surface area contributed by atoms with Gasteiger partial charge < -0.3 is 9.64 Å². The van der Waals surface area contributed by atoms with Crippen LogP contribution in [0.3, 0.4) is 0 Å². The fourth-order valence-corrected chi connectivity index (χ4v) is 4.37. The molecule has 0 saturated heterocycles. The fourth-order valence-electron chi connectivity index (χ4n) is 3.28. The van der Waals surface area contributed by atoms with Crippen LogP contribution in [0.5, 0.6) is 0 Å². The Labute approximate surface area is 156 Å². The molecule has 0 atom stereocenters. The van der Waals surface area contributed by atoms with Gasteiger partial charge in [0, 0.05) is 25.9 Å². The Hall–Kier alpha value is -2.05. The normalized spacial score (nSPS) is 14.1. The number of hydrogen-bond acceptors (Lipinski definition) is 4. The van der Waals surface area contributed by atoms with Gasteiger partial charge in [-0.2, -0.15) is 0 Å². The van der Waals surface area contributed by atoms with Crippen LogP contribution < -0.4 is 9.62 Å². The average Bonchev–Trinajstić information content (AvgIpc) is 2.65. The second-order valence-corrected chi connectivity index (χ2v) is 8.43. The molecule has 0 spiro atoms. The SMILES string of the molecule is COCCN1CCCc2ccc(NS(=O)(=O)CCc3ccccc3)cc21. The van der Waals surface area contributed by atoms with Crippen molar-refractivity contribution in [1.29, 1.82) is 0 Å². The molecule has 2 aromatic carbocycles. The third kappa shape index (κ3) is 4.99. The molecule has 6 heteroatoms. The summed E-state index contributed by atoms with van der Waals surface area (Å²) >= 11 is 0. The van der Waals surface area contributed by atoms with Gasteiger partial charge in [0.05, 0.1) is 18.0 Å². The monoisotopic (exact) mass is 374 g/mol. The summed E-state index contributed by atoms with van der Waals surface area (Å²) < 4.78 is 32.8. The van der Waals surface area contributed by atoms with Crippen molar-refractivity contribution < 1.29 is 13.2 Å². The number of rotatable bonds is 8. The van der Waals surface area contributed by atoms with Crippen molar-refractivity contribution in [3.63, 3.8) is 0 Å². The van der Waals surface area contributed by atoms with Crippen LogP contribution in [0.2, 0.25) is 0 Å². The Bertz CT molecular complexity index is 822. The number of benzene rings is 2. The van der Waals surface area contributed by atoms with Crippen LogP contribution in [0.25, 0.3) is 0 Å². The molecular formula is C20H26N2O3S. The van der Waals surface area contributed by atoms with E-state index in [1.165, 1.54) is 5.56 Å². The molecule has 26 heavy (non-hydrogen) atoms. The van der Waals surface area contributed by atoms with E-state index in [1.807, 2.05) is 48.5 Å². The summed E-state index contributed by atoms with van der Waals surface area (Å²) in [6.07, 6.45) is 2.64. The number of aryl methyl sites for hydroxylation is 2. The van der Waals surface area contributed by atoms with E-state index in [1.54, 1.807) is 7.11 Å². The number of nitrogens with zero attached hydrogens (tertiary/aromatic N) is 1. The van der Waals surface area contributed by atoms with Gasteiger partial charge in [-0.05, 0) is 42.5 Å². The Morgan fingerprint density at radius 2 is 1.96 bits per heavy atom. The van der Waals surface area contributed by atoms with Crippen molar-refractivity contribution in [1.82, 2.24) is 0 Å². The highest BCUT2D eigenvalue weighted by Gasteiger charge is 2.18. The summed E-state index contributed by atoms with van der Waals surface area (Å²) in [5.74, 6) is 0.0709. The lowest BCUT2D eigenvalue weighted by atomic mass is 10.0. The number of anilines is 2. The van der Waals surface area contributed by atoms with E-state index < -0.39 is 10.0 Å². The molecule has 0 unspecified atom stereocenters. The highest BCUT2D eigenvalue weighted by Crippen LogP contribution is 2.30. The summed E-state index contributed by atoms with van der Waals surface area (Å²) in [6.45, 7) is 2.45. The maximum atomic E-state index is 12.5. The Kier molecular flexibility index (Phi) is 6.16. The maximum absolute atomic E-state index is 12.5. The molecule has 0 fully saturated rings. The van der Waals surface area contributed by atoms with Gasteiger partial charge in [0.15, 0.2) is 0 Å². The van der Waals surface area contributed by atoms with E-state index in [4.69, 9.17) is 4.74 Å². The number of nitrogens with one attached hydrogen (secondary N) is 1. The molecule has 1 N–H and O–H groups in total. The Balaban J connectivity index is 1.69. The van der Waals surface area contributed by atoms with Gasteiger partial charge in [-0.15, -0.1) is 0 Å². The molecule has 3 rings (SSSR count). The largest absolute Gasteiger partial charge is 0.383 e. The van der Waals surface area contributed by atoms with Crippen LogP contribution in [-0.2, 0) is 27.6 Å². The predicted molar refractivity (Wildman–Crippen MR) is 106 cm³/mol. The van der Waals surface area contributed by atoms with Crippen LogP contribution >= 0.6 is 0 Å². The van der Waals surface area contributed by atoms with Crippen molar-refractivity contribution in [2.24, 2.45) is 0 Å². The van der Waals surface area contributed by atoms with Gasteiger partial charge in [0.2, 0.25) is 10.0 Å². The standard InChI is InChI=1S/C20H26N2O3S/c1-25-14-13-22-12-5-8-18-9-10-19(16-20(18)22)21-26(23,24)15-11-17-6-3-2-4-7-17/h2-4,6-7,9-10,16,21H,5,8,11-15H2,1H3. The van der Waals surface area contributed by atoms with Crippen molar-refractivity contribution in [3.8, 4) is 0 Å². The second-order valence-electron chi connectivity index (χ2n) is 6.58. The van der Waals surface area contributed by atoms with Crippen molar-refractivity contribution in [2.75, 3.05) is 42.2 Å². The molecule has 2 aromatic rings. The zero-order valence-electron chi connectivity index (χ0n) is 15.1. The lowest BCUT2D eigenvalue weighted by molar-refractivity contribution is 0.205. The Morgan fingerprint density at radius 3 is 2.73 bits per heavy atom. The minimum absolute atomic E-state index is 0.0709. The summed E-state index contributed by atoms with van der Waals surface area (Å²) in [5.41, 5.74) is 4.02. The first-order valence-corrected chi connectivity index (χ1v) is 10.6. The average molecular weight is 375 g/mol. The molecule has 0 radical (unpaired) electrons. The van der Waals surface area contributed by atoms with Gasteiger partial charge >= 0.3 is 0 Å². The molecule has 0 aliphatic carbocycles. The maximum Gasteiger partial charge on any atom is 0.233 e. The van der Waals surface area contributed by atoms with Crippen LogP contribution in [0.4, 0.5) is 11.4 Å². The summed E-state index contributed by atoms with van der Waals surface area (Å²) in [6, 6.07) is 15.5. The third-order valence-corrected chi connectivity index (χ3v) is 5.93. The van der Waals surface area contributed by atoms with Gasteiger partial charge in [-0.25, -0.2) is 8.42 Å². The molecule has 1 aliphatic rings. The van der Waals surface area contributed by atoms with E-state index >= 15 is 0 Å². The summed E-state index contributed by atoms with van der Waals surface area (Å²) in [7, 11) is -1.69.